The lowest BCUT2D eigenvalue weighted by molar-refractivity contribution is 0.446. The van der Waals surface area contributed by atoms with Crippen LogP contribution in [0.1, 0.15) is 12.5 Å². The fourth-order valence-electron chi connectivity index (χ4n) is 2.34. The summed E-state index contributed by atoms with van der Waals surface area (Å²) in [4.78, 5) is 0. The molecule has 0 saturated carbocycles. The summed E-state index contributed by atoms with van der Waals surface area (Å²) in [6, 6.07) is 14.6. The van der Waals surface area contributed by atoms with Crippen LogP contribution in [0.15, 0.2) is 47.1 Å². The molecule has 94 valence electrons. The van der Waals surface area contributed by atoms with Crippen molar-refractivity contribution >= 4 is 22.5 Å². The van der Waals surface area contributed by atoms with Gasteiger partial charge in [0.05, 0.1) is 11.6 Å². The van der Waals surface area contributed by atoms with Gasteiger partial charge in [0.2, 0.25) is 0 Å². The van der Waals surface area contributed by atoms with Crippen LogP contribution in [0, 0.1) is 11.3 Å². The zero-order valence-corrected chi connectivity index (χ0v) is 11.5. The Kier molecular flexibility index (Phi) is 3.18. The molecule has 2 aromatic carbocycles. The Morgan fingerprint density at radius 2 is 2.11 bits per heavy atom. The molecule has 0 atom stereocenters. The van der Waals surface area contributed by atoms with Crippen molar-refractivity contribution in [3.63, 3.8) is 0 Å². The maximum Gasteiger partial charge on any atom is 0.174 e. The molecule has 0 radical (unpaired) electrons. The van der Waals surface area contributed by atoms with Crippen LogP contribution in [0.2, 0.25) is 0 Å². The highest BCUT2D eigenvalue weighted by Gasteiger charge is 2.21. The Balaban J connectivity index is 2.14. The van der Waals surface area contributed by atoms with Crippen LogP contribution < -0.4 is 4.74 Å². The van der Waals surface area contributed by atoms with Crippen LogP contribution >= 0.6 is 11.8 Å². The van der Waals surface area contributed by atoms with E-state index < -0.39 is 0 Å². The largest absolute Gasteiger partial charge is 0.449 e. The first-order valence-corrected chi connectivity index (χ1v) is 7.26. The third-order valence-corrected chi connectivity index (χ3v) is 4.09. The van der Waals surface area contributed by atoms with Crippen molar-refractivity contribution in [2.45, 2.75) is 13.3 Å². The Hall–Kier alpha value is -1.92. The lowest BCUT2D eigenvalue weighted by Gasteiger charge is -2.21. The molecule has 1 aliphatic rings. The van der Waals surface area contributed by atoms with E-state index in [1.807, 2.05) is 18.2 Å². The molecule has 0 amide bonds. The number of ether oxygens (including phenoxy) is 1. The predicted octanol–water partition coefficient (Wildman–Crippen LogP) is 4.26. The molecule has 0 unspecified atom stereocenters. The van der Waals surface area contributed by atoms with Crippen molar-refractivity contribution in [1.29, 1.82) is 5.26 Å². The SMILES string of the molecule is CCSC1=C(C#N)Cc2c(ccc3ccccc23)O1. The quantitative estimate of drug-likeness (QED) is 0.815. The molecule has 19 heavy (non-hydrogen) atoms. The number of hydrogen-bond donors (Lipinski definition) is 0. The zero-order chi connectivity index (χ0) is 13.2. The van der Waals surface area contributed by atoms with Crippen LogP contribution in [0.5, 0.6) is 5.75 Å². The van der Waals surface area contributed by atoms with E-state index in [1.54, 1.807) is 11.8 Å². The number of allylic oxidation sites excluding steroid dienone is 1. The summed E-state index contributed by atoms with van der Waals surface area (Å²) in [6.45, 7) is 2.06. The highest BCUT2D eigenvalue weighted by Crippen LogP contribution is 2.38. The van der Waals surface area contributed by atoms with Crippen LogP contribution in [0.25, 0.3) is 10.8 Å². The summed E-state index contributed by atoms with van der Waals surface area (Å²) in [7, 11) is 0. The van der Waals surface area contributed by atoms with Gasteiger partial charge >= 0.3 is 0 Å². The Morgan fingerprint density at radius 1 is 1.26 bits per heavy atom. The summed E-state index contributed by atoms with van der Waals surface area (Å²) < 4.78 is 5.90. The number of hydrogen-bond acceptors (Lipinski definition) is 3. The summed E-state index contributed by atoms with van der Waals surface area (Å²) in [5.74, 6) is 1.79. The number of nitriles is 1. The summed E-state index contributed by atoms with van der Waals surface area (Å²) >= 11 is 1.59. The average Bonchev–Trinajstić information content (AvgIpc) is 2.46. The van der Waals surface area contributed by atoms with Gasteiger partial charge in [-0.05, 0) is 22.6 Å². The van der Waals surface area contributed by atoms with E-state index in [0.717, 1.165) is 27.7 Å². The van der Waals surface area contributed by atoms with Gasteiger partial charge in [-0.3, -0.25) is 0 Å². The molecule has 0 spiro atoms. The Morgan fingerprint density at radius 3 is 2.89 bits per heavy atom. The first kappa shape index (κ1) is 12.1. The molecule has 0 saturated heterocycles. The Bertz CT molecular complexity index is 712. The lowest BCUT2D eigenvalue weighted by atomic mass is 9.97. The van der Waals surface area contributed by atoms with Gasteiger partial charge in [-0.15, -0.1) is 0 Å². The number of nitrogens with zero attached hydrogens (tertiary/aromatic N) is 1. The highest BCUT2D eigenvalue weighted by atomic mass is 32.2. The highest BCUT2D eigenvalue weighted by molar-refractivity contribution is 8.02. The first-order valence-electron chi connectivity index (χ1n) is 6.28. The number of benzene rings is 2. The number of rotatable bonds is 2. The minimum atomic E-state index is 0.662. The van der Waals surface area contributed by atoms with E-state index in [4.69, 9.17) is 4.74 Å². The van der Waals surface area contributed by atoms with Crippen LogP contribution in [-0.2, 0) is 6.42 Å². The van der Waals surface area contributed by atoms with Gasteiger partial charge in [0, 0.05) is 12.0 Å². The maximum atomic E-state index is 9.28. The minimum absolute atomic E-state index is 0.662. The normalized spacial score (nSPS) is 13.9. The van der Waals surface area contributed by atoms with Gasteiger partial charge in [-0.1, -0.05) is 49.0 Å². The van der Waals surface area contributed by atoms with E-state index in [-0.39, 0.29) is 0 Å². The fraction of sp³-hybridized carbons (Fsp3) is 0.188. The monoisotopic (exact) mass is 267 g/mol. The van der Waals surface area contributed by atoms with Crippen LogP contribution in [0.3, 0.4) is 0 Å². The fourth-order valence-corrected chi connectivity index (χ4v) is 3.04. The molecule has 0 N–H and O–H groups in total. The molecule has 2 aromatic rings. The van der Waals surface area contributed by atoms with E-state index in [2.05, 4.69) is 31.2 Å². The molecule has 0 aromatic heterocycles. The van der Waals surface area contributed by atoms with Crippen molar-refractivity contribution in [3.05, 3.63) is 52.6 Å². The predicted molar refractivity (Wildman–Crippen MR) is 79.1 cm³/mol. The topological polar surface area (TPSA) is 33.0 Å². The zero-order valence-electron chi connectivity index (χ0n) is 10.6. The van der Waals surface area contributed by atoms with Crippen molar-refractivity contribution in [1.82, 2.24) is 0 Å². The molecule has 2 nitrogen and oxygen atoms in total. The molecule has 0 bridgehead atoms. The summed E-state index contributed by atoms with van der Waals surface area (Å²) in [5, 5.41) is 12.4. The van der Waals surface area contributed by atoms with Crippen molar-refractivity contribution in [2.24, 2.45) is 0 Å². The smallest absolute Gasteiger partial charge is 0.174 e. The number of thioether (sulfide) groups is 1. The van der Waals surface area contributed by atoms with E-state index in [9.17, 15) is 5.26 Å². The van der Waals surface area contributed by atoms with Crippen molar-refractivity contribution in [2.75, 3.05) is 5.75 Å². The van der Waals surface area contributed by atoms with Gasteiger partial charge in [0.25, 0.3) is 0 Å². The molecule has 3 heteroatoms. The van der Waals surface area contributed by atoms with Crippen LogP contribution in [-0.4, -0.2) is 5.75 Å². The first-order chi connectivity index (χ1) is 9.33. The molecule has 3 rings (SSSR count). The summed E-state index contributed by atoms with van der Waals surface area (Å²) in [6.07, 6.45) is 0.662. The van der Waals surface area contributed by atoms with Gasteiger partial charge in [0.15, 0.2) is 5.09 Å². The second kappa shape index (κ2) is 4.99. The maximum absolute atomic E-state index is 9.28. The Labute approximate surface area is 116 Å². The van der Waals surface area contributed by atoms with Gasteiger partial charge in [0.1, 0.15) is 5.75 Å². The number of fused-ring (bicyclic) bond motifs is 3. The molecule has 0 aliphatic carbocycles. The van der Waals surface area contributed by atoms with E-state index in [0.29, 0.717) is 6.42 Å². The third kappa shape index (κ3) is 2.09. The van der Waals surface area contributed by atoms with Gasteiger partial charge in [-0.2, -0.15) is 5.26 Å². The van der Waals surface area contributed by atoms with E-state index in [1.165, 1.54) is 10.8 Å². The van der Waals surface area contributed by atoms with Crippen molar-refractivity contribution in [3.8, 4) is 11.8 Å². The van der Waals surface area contributed by atoms with Crippen LogP contribution in [0.4, 0.5) is 0 Å². The lowest BCUT2D eigenvalue weighted by Crippen LogP contribution is -2.08. The molecular weight excluding hydrogens is 254 g/mol. The standard InChI is InChI=1S/C16H13NOS/c1-2-19-16-12(10-17)9-14-13-6-4-3-5-11(13)7-8-15(14)18-16/h3-8H,2,9H2,1H3. The third-order valence-electron chi connectivity index (χ3n) is 3.21. The second-order valence-corrected chi connectivity index (χ2v) is 5.59. The second-order valence-electron chi connectivity index (χ2n) is 4.35. The molecular formula is C16H13NOS. The van der Waals surface area contributed by atoms with Gasteiger partial charge < -0.3 is 4.74 Å². The average molecular weight is 267 g/mol. The minimum Gasteiger partial charge on any atom is -0.449 e. The van der Waals surface area contributed by atoms with Crippen molar-refractivity contribution < 1.29 is 4.74 Å². The van der Waals surface area contributed by atoms with Gasteiger partial charge in [-0.25, -0.2) is 0 Å². The molecule has 1 heterocycles. The summed E-state index contributed by atoms with van der Waals surface area (Å²) in [5.41, 5.74) is 1.85. The molecule has 1 aliphatic heterocycles. The van der Waals surface area contributed by atoms with E-state index >= 15 is 0 Å². The molecule has 0 fully saturated rings.